The summed E-state index contributed by atoms with van der Waals surface area (Å²) >= 11 is 1.98. The van der Waals surface area contributed by atoms with Gasteiger partial charge >= 0.3 is 0 Å². The summed E-state index contributed by atoms with van der Waals surface area (Å²) in [6.07, 6.45) is 7.71. The number of piperidine rings is 1. The van der Waals surface area contributed by atoms with E-state index in [0.717, 1.165) is 62.1 Å². The molecule has 26 heavy (non-hydrogen) atoms. The Labute approximate surface area is 174 Å². The van der Waals surface area contributed by atoms with Gasteiger partial charge in [-0.05, 0) is 18.8 Å². The van der Waals surface area contributed by atoms with Gasteiger partial charge in [-0.3, -0.25) is 9.39 Å². The number of rotatable bonds is 3. The standard InChI is InChI=1S/C16H24N8S.HI/c17-16(22-6-8-25-9-7-22)19-10-13-2-1-4-23(11-13)14-15-21-20-12-24(15)5-3-18-14;/h3,5,12-13H,1-2,4,6-11H2,(H2,17,19);1H. The monoisotopic (exact) mass is 488 g/mol. The van der Waals surface area contributed by atoms with Crippen LogP contribution >= 0.6 is 35.7 Å². The minimum atomic E-state index is 0. The zero-order valence-corrected chi connectivity index (χ0v) is 17.8. The fourth-order valence-corrected chi connectivity index (χ4v) is 4.39. The quantitative estimate of drug-likeness (QED) is 0.396. The number of anilines is 1. The lowest BCUT2D eigenvalue weighted by Gasteiger charge is -2.33. The van der Waals surface area contributed by atoms with Gasteiger partial charge in [0.1, 0.15) is 6.33 Å². The fraction of sp³-hybridized carbons (Fsp3) is 0.625. The summed E-state index contributed by atoms with van der Waals surface area (Å²) in [4.78, 5) is 13.7. The molecule has 2 aromatic rings. The molecular weight excluding hydrogens is 463 g/mol. The molecule has 1 unspecified atom stereocenters. The highest BCUT2D eigenvalue weighted by Crippen LogP contribution is 2.24. The van der Waals surface area contributed by atoms with E-state index in [1.165, 1.54) is 6.42 Å². The van der Waals surface area contributed by atoms with Crippen LogP contribution in [0.5, 0.6) is 0 Å². The van der Waals surface area contributed by atoms with Crippen molar-refractivity contribution in [2.75, 3.05) is 49.1 Å². The number of halogens is 1. The largest absolute Gasteiger partial charge is 0.370 e. The molecule has 0 amide bonds. The molecule has 0 aliphatic carbocycles. The Morgan fingerprint density at radius 3 is 3.00 bits per heavy atom. The third kappa shape index (κ3) is 4.33. The molecule has 2 aliphatic heterocycles. The molecule has 0 spiro atoms. The maximum atomic E-state index is 6.19. The van der Waals surface area contributed by atoms with Crippen LogP contribution < -0.4 is 10.6 Å². The van der Waals surface area contributed by atoms with Crippen molar-refractivity contribution >= 4 is 53.2 Å². The summed E-state index contributed by atoms with van der Waals surface area (Å²) < 4.78 is 1.91. The zero-order valence-electron chi connectivity index (χ0n) is 14.7. The van der Waals surface area contributed by atoms with Gasteiger partial charge < -0.3 is 15.5 Å². The molecule has 10 heteroatoms. The molecule has 0 saturated carbocycles. The molecule has 4 heterocycles. The molecular formula is C16H25IN8S. The summed E-state index contributed by atoms with van der Waals surface area (Å²) in [5.41, 5.74) is 7.01. The molecule has 1 atom stereocenters. The number of thioether (sulfide) groups is 1. The third-order valence-corrected chi connectivity index (χ3v) is 5.80. The van der Waals surface area contributed by atoms with Gasteiger partial charge in [-0.1, -0.05) is 0 Å². The van der Waals surface area contributed by atoms with Crippen LogP contribution in [0.25, 0.3) is 5.65 Å². The number of fused-ring (bicyclic) bond motifs is 1. The number of aliphatic imine (C=N–C) groups is 1. The van der Waals surface area contributed by atoms with E-state index in [1.54, 1.807) is 12.5 Å². The number of guanidine groups is 1. The lowest BCUT2D eigenvalue weighted by molar-refractivity contribution is 0.414. The van der Waals surface area contributed by atoms with Gasteiger partial charge in [0.15, 0.2) is 11.8 Å². The summed E-state index contributed by atoms with van der Waals surface area (Å²) in [7, 11) is 0. The molecule has 2 fully saturated rings. The summed E-state index contributed by atoms with van der Waals surface area (Å²) in [6.45, 7) is 4.73. The van der Waals surface area contributed by atoms with Crippen molar-refractivity contribution < 1.29 is 0 Å². The minimum Gasteiger partial charge on any atom is -0.370 e. The van der Waals surface area contributed by atoms with Crippen LogP contribution in [0.15, 0.2) is 23.7 Å². The molecule has 4 rings (SSSR count). The zero-order chi connectivity index (χ0) is 17.1. The normalized spacial score (nSPS) is 21.7. The average molecular weight is 488 g/mol. The predicted octanol–water partition coefficient (Wildman–Crippen LogP) is 1.32. The number of nitrogens with zero attached hydrogens (tertiary/aromatic N) is 7. The first kappa shape index (κ1) is 19.5. The van der Waals surface area contributed by atoms with Crippen LogP contribution in [-0.2, 0) is 0 Å². The number of nitrogens with two attached hydrogens (primary N) is 1. The molecule has 2 N–H and O–H groups in total. The van der Waals surface area contributed by atoms with Crippen LogP contribution in [0, 0.1) is 5.92 Å². The van der Waals surface area contributed by atoms with E-state index in [2.05, 4.69) is 30.0 Å². The van der Waals surface area contributed by atoms with Crippen molar-refractivity contribution in [3.63, 3.8) is 0 Å². The highest BCUT2D eigenvalue weighted by molar-refractivity contribution is 14.0. The molecule has 0 bridgehead atoms. The minimum absolute atomic E-state index is 0. The van der Waals surface area contributed by atoms with Crippen LogP contribution in [0.4, 0.5) is 5.82 Å². The molecule has 2 aromatic heterocycles. The maximum Gasteiger partial charge on any atom is 0.203 e. The van der Waals surface area contributed by atoms with Crippen molar-refractivity contribution in [1.82, 2.24) is 24.5 Å². The number of aromatic nitrogens is 4. The Morgan fingerprint density at radius 2 is 2.15 bits per heavy atom. The van der Waals surface area contributed by atoms with Crippen LogP contribution in [0.1, 0.15) is 12.8 Å². The van der Waals surface area contributed by atoms with E-state index >= 15 is 0 Å². The summed E-state index contributed by atoms with van der Waals surface area (Å²) in [5.74, 6) is 4.39. The molecule has 0 radical (unpaired) electrons. The Balaban J connectivity index is 0.00000196. The lowest BCUT2D eigenvalue weighted by atomic mass is 9.98. The molecule has 142 valence electrons. The highest BCUT2D eigenvalue weighted by Gasteiger charge is 2.23. The SMILES string of the molecule is I.NC(=NCC1CCCN(c2nccn3cnnc23)C1)N1CCSCC1. The van der Waals surface area contributed by atoms with E-state index in [1.807, 2.05) is 22.4 Å². The Bertz CT molecular complexity index is 745. The number of hydrogen-bond acceptors (Lipinski definition) is 6. The van der Waals surface area contributed by atoms with E-state index in [-0.39, 0.29) is 24.0 Å². The Morgan fingerprint density at radius 1 is 1.31 bits per heavy atom. The van der Waals surface area contributed by atoms with Gasteiger partial charge in [0.2, 0.25) is 5.65 Å². The lowest BCUT2D eigenvalue weighted by Crippen LogP contribution is -2.43. The van der Waals surface area contributed by atoms with Crippen LogP contribution in [0.3, 0.4) is 0 Å². The van der Waals surface area contributed by atoms with Gasteiger partial charge in [0.05, 0.1) is 0 Å². The maximum absolute atomic E-state index is 6.19. The molecule has 8 nitrogen and oxygen atoms in total. The highest BCUT2D eigenvalue weighted by atomic mass is 127. The predicted molar refractivity (Wildman–Crippen MR) is 117 cm³/mol. The van der Waals surface area contributed by atoms with Gasteiger partial charge in [-0.15, -0.1) is 34.2 Å². The van der Waals surface area contributed by atoms with E-state index < -0.39 is 0 Å². The van der Waals surface area contributed by atoms with Crippen LogP contribution in [-0.4, -0.2) is 74.7 Å². The second kappa shape index (κ2) is 9.07. The van der Waals surface area contributed by atoms with E-state index in [9.17, 15) is 0 Å². The Hall–Kier alpha value is -1.30. The van der Waals surface area contributed by atoms with Crippen molar-refractivity contribution in [1.29, 1.82) is 0 Å². The van der Waals surface area contributed by atoms with Crippen LogP contribution in [0.2, 0.25) is 0 Å². The molecule has 2 aliphatic rings. The first-order valence-corrected chi connectivity index (χ1v) is 9.98. The fourth-order valence-electron chi connectivity index (χ4n) is 3.49. The second-order valence-corrected chi connectivity index (χ2v) is 7.79. The van der Waals surface area contributed by atoms with Gasteiger partial charge in [0.25, 0.3) is 0 Å². The average Bonchev–Trinajstić information content (AvgIpc) is 3.16. The van der Waals surface area contributed by atoms with Crippen molar-refractivity contribution in [3.8, 4) is 0 Å². The first-order chi connectivity index (χ1) is 12.3. The molecule has 2 saturated heterocycles. The third-order valence-electron chi connectivity index (χ3n) is 4.86. The second-order valence-electron chi connectivity index (χ2n) is 6.57. The Kier molecular flexibility index (Phi) is 6.79. The van der Waals surface area contributed by atoms with E-state index in [0.29, 0.717) is 11.9 Å². The van der Waals surface area contributed by atoms with Gasteiger partial charge in [0, 0.05) is 56.6 Å². The smallest absolute Gasteiger partial charge is 0.203 e. The van der Waals surface area contributed by atoms with Gasteiger partial charge in [-0.2, -0.15) is 11.8 Å². The molecule has 0 aromatic carbocycles. The van der Waals surface area contributed by atoms with Crippen molar-refractivity contribution in [3.05, 3.63) is 18.7 Å². The van der Waals surface area contributed by atoms with Gasteiger partial charge in [-0.25, -0.2) is 4.98 Å². The van der Waals surface area contributed by atoms with Crippen molar-refractivity contribution in [2.45, 2.75) is 12.8 Å². The summed E-state index contributed by atoms with van der Waals surface area (Å²) in [5, 5.41) is 8.19. The summed E-state index contributed by atoms with van der Waals surface area (Å²) in [6, 6.07) is 0. The van der Waals surface area contributed by atoms with Crippen molar-refractivity contribution in [2.24, 2.45) is 16.6 Å². The topological polar surface area (TPSA) is 87.9 Å². The number of hydrogen-bond donors (Lipinski definition) is 1. The van der Waals surface area contributed by atoms with E-state index in [4.69, 9.17) is 5.73 Å². The first-order valence-electron chi connectivity index (χ1n) is 8.83.